The maximum atomic E-state index is 0. The van der Waals surface area contributed by atoms with Crippen molar-refractivity contribution in [1.29, 1.82) is 0 Å². The molecule has 0 aliphatic carbocycles. The van der Waals surface area contributed by atoms with E-state index >= 15 is 0 Å². The molecule has 55 valence electrons. The summed E-state index contributed by atoms with van der Waals surface area (Å²) in [5.41, 5.74) is 0. The van der Waals surface area contributed by atoms with Crippen LogP contribution in [0, 0.1) is 7.43 Å². The predicted molar refractivity (Wildman–Crippen MR) is 14.9 cm³/mol. The molecule has 0 aromatic carbocycles. The van der Waals surface area contributed by atoms with Gasteiger partial charge in [-0.2, -0.15) is 0 Å². The molecule has 0 amide bonds. The molecule has 0 spiro atoms. The Morgan fingerprint density at radius 1 is 0.375 bits per heavy atom. The van der Waals surface area contributed by atoms with Crippen molar-refractivity contribution in [2.45, 2.75) is 0 Å². The van der Waals surface area contributed by atoms with Gasteiger partial charge in [-0.15, -0.1) is 0 Å². The number of hydrogen-bond donors (Lipinski definition) is 0. The third-order valence-electron chi connectivity index (χ3n) is 0. The standard InChI is InChI=1S/C.Co.6H2O/h;;6*1H2/q+4;+2;;;;;;/p-6. The summed E-state index contributed by atoms with van der Waals surface area (Å²) >= 11 is 0. The molecule has 6 N–H and O–H groups in total. The van der Waals surface area contributed by atoms with E-state index in [1.54, 1.807) is 0 Å². The molecule has 0 aliphatic heterocycles. The molecule has 1 radical (unpaired) electrons. The number of rotatable bonds is 0. The fraction of sp³-hybridized carbons (Fsp3) is 0. The Labute approximate surface area is 57.9 Å². The van der Waals surface area contributed by atoms with E-state index in [0.717, 1.165) is 0 Å². The van der Waals surface area contributed by atoms with E-state index in [9.17, 15) is 0 Å². The van der Waals surface area contributed by atoms with Crippen LogP contribution in [0.4, 0.5) is 0 Å². The summed E-state index contributed by atoms with van der Waals surface area (Å²) in [6, 6.07) is 0. The Hall–Kier alpha value is 0.266. The van der Waals surface area contributed by atoms with Crippen LogP contribution >= 0.6 is 0 Å². The zero-order valence-corrected chi connectivity index (χ0v) is 4.56. The molecule has 0 aromatic heterocycles. The van der Waals surface area contributed by atoms with E-state index in [1.807, 2.05) is 0 Å². The second-order valence-corrected chi connectivity index (χ2v) is 0. The van der Waals surface area contributed by atoms with E-state index < -0.39 is 0 Å². The van der Waals surface area contributed by atoms with Gasteiger partial charge in [0, 0.05) is 0 Å². The zero-order chi connectivity index (χ0) is 0. The average molecular weight is 173 g/mol. The van der Waals surface area contributed by atoms with Gasteiger partial charge in [-0.05, 0) is 0 Å². The van der Waals surface area contributed by atoms with Gasteiger partial charge in [0.15, 0.2) is 0 Å². The first-order valence-corrected chi connectivity index (χ1v) is 0. The average Bonchev–Trinajstić information content (AvgIpc) is 0. The summed E-state index contributed by atoms with van der Waals surface area (Å²) < 4.78 is 0. The third kappa shape index (κ3) is 2450. The van der Waals surface area contributed by atoms with E-state index in [2.05, 4.69) is 0 Å². The van der Waals surface area contributed by atoms with Gasteiger partial charge in [0.2, 0.25) is 0 Å². The van der Waals surface area contributed by atoms with E-state index in [4.69, 9.17) is 0 Å². The van der Waals surface area contributed by atoms with Crippen molar-refractivity contribution in [2.75, 3.05) is 0 Å². The maximum Gasteiger partial charge on any atom is 4.00 e. The summed E-state index contributed by atoms with van der Waals surface area (Å²) in [6.07, 6.45) is 0. The van der Waals surface area contributed by atoms with Crippen molar-refractivity contribution in [2.24, 2.45) is 0 Å². The first-order valence-electron chi connectivity index (χ1n) is 0. The van der Waals surface area contributed by atoms with Gasteiger partial charge in [0.05, 0.1) is 0 Å². The quantitative estimate of drug-likeness (QED) is 0.453. The van der Waals surface area contributed by atoms with Gasteiger partial charge in [0.1, 0.15) is 0 Å². The molecular weight excluding hydrogens is 167 g/mol. The van der Waals surface area contributed by atoms with Crippen molar-refractivity contribution < 1.29 is 49.6 Å². The van der Waals surface area contributed by atoms with Crippen molar-refractivity contribution in [3.05, 3.63) is 7.43 Å². The van der Waals surface area contributed by atoms with Crippen molar-refractivity contribution >= 4 is 0 Å². The molecule has 8 heavy (non-hydrogen) atoms. The monoisotopic (exact) mass is 173 g/mol. The van der Waals surface area contributed by atoms with Gasteiger partial charge < -0.3 is 32.9 Å². The van der Waals surface area contributed by atoms with Gasteiger partial charge in [-0.25, -0.2) is 0 Å². The van der Waals surface area contributed by atoms with Crippen molar-refractivity contribution in [1.82, 2.24) is 0 Å². The molecule has 7 heteroatoms. The van der Waals surface area contributed by atoms with Crippen LogP contribution in [-0.4, -0.2) is 32.9 Å². The van der Waals surface area contributed by atoms with Crippen LogP contribution in [0.15, 0.2) is 0 Å². The Morgan fingerprint density at radius 3 is 0.375 bits per heavy atom. The first kappa shape index (κ1) is 6150. The molecule has 0 rings (SSSR count). The van der Waals surface area contributed by atoms with Crippen LogP contribution in [0.3, 0.4) is 0 Å². The van der Waals surface area contributed by atoms with Gasteiger partial charge in [-0.3, -0.25) is 0 Å². The maximum absolute atomic E-state index is 0. The van der Waals surface area contributed by atoms with Crippen molar-refractivity contribution in [3.8, 4) is 0 Å². The normalized spacial score (nSPS) is 0. The SMILES string of the molecule is [C+4].[Co+2].[OH-].[OH-].[OH-].[OH-].[OH-].[OH-]. The van der Waals surface area contributed by atoms with E-state index in [-0.39, 0.29) is 57.1 Å². The Bertz CT molecular complexity index is 8.49. The molecule has 0 heterocycles. The summed E-state index contributed by atoms with van der Waals surface area (Å²) in [7, 11) is 0. The molecule has 0 aromatic rings. The van der Waals surface area contributed by atoms with Crippen molar-refractivity contribution in [3.63, 3.8) is 0 Å². The summed E-state index contributed by atoms with van der Waals surface area (Å²) in [6.45, 7) is 0. The molecule has 0 fully saturated rings. The molecule has 0 unspecified atom stereocenters. The second-order valence-electron chi connectivity index (χ2n) is 0. The molecule has 6 nitrogen and oxygen atoms in total. The molecule has 0 saturated heterocycles. The van der Waals surface area contributed by atoms with Crippen LogP contribution in [0.2, 0.25) is 0 Å². The topological polar surface area (TPSA) is 180 Å². The smallest absolute Gasteiger partial charge is 0.870 e. The Morgan fingerprint density at radius 2 is 0.375 bits per heavy atom. The van der Waals surface area contributed by atoms with Crippen LogP contribution in [0.1, 0.15) is 0 Å². The largest absolute Gasteiger partial charge is 4.00 e. The summed E-state index contributed by atoms with van der Waals surface area (Å²) in [4.78, 5) is 0. The third-order valence-corrected chi connectivity index (χ3v) is 0. The van der Waals surface area contributed by atoms with Crippen LogP contribution in [0.5, 0.6) is 0 Å². The molecular formula is CH6CoO6. The minimum absolute atomic E-state index is 0. The Balaban J connectivity index is 0. The van der Waals surface area contributed by atoms with Crippen LogP contribution in [-0.2, 0) is 16.8 Å². The first-order chi connectivity index (χ1) is 0. The second kappa shape index (κ2) is 4020. The van der Waals surface area contributed by atoms with E-state index in [0.29, 0.717) is 0 Å². The van der Waals surface area contributed by atoms with Gasteiger partial charge in [-0.1, -0.05) is 0 Å². The zero-order valence-electron chi connectivity index (χ0n) is 3.52. The molecule has 0 atom stereocenters. The molecule has 0 bridgehead atoms. The fourth-order valence-corrected chi connectivity index (χ4v) is 0. The molecule has 0 aliphatic rings. The predicted octanol–water partition coefficient (Wildman–Crippen LogP) is -0.982. The number of hydrogen-bond acceptors (Lipinski definition) is 6. The van der Waals surface area contributed by atoms with Gasteiger partial charge >= 0.3 is 24.2 Å². The van der Waals surface area contributed by atoms with Crippen LogP contribution in [0.25, 0.3) is 0 Å². The molecule has 0 saturated carbocycles. The van der Waals surface area contributed by atoms with E-state index in [1.165, 1.54) is 0 Å². The van der Waals surface area contributed by atoms with Crippen LogP contribution < -0.4 is 0 Å². The minimum atomic E-state index is 0. The summed E-state index contributed by atoms with van der Waals surface area (Å²) in [5, 5.41) is 0. The Kier molecular flexibility index (Phi) is 3090000. The summed E-state index contributed by atoms with van der Waals surface area (Å²) in [5.74, 6) is 0. The van der Waals surface area contributed by atoms with Gasteiger partial charge in [0.25, 0.3) is 0 Å². The minimum Gasteiger partial charge on any atom is -0.870 e. The fourth-order valence-electron chi connectivity index (χ4n) is 0.